The van der Waals surface area contributed by atoms with Crippen LogP contribution in [0.2, 0.25) is 5.02 Å². The van der Waals surface area contributed by atoms with E-state index in [1.54, 1.807) is 0 Å². The molecule has 0 amide bonds. The first-order chi connectivity index (χ1) is 8.81. The lowest BCUT2D eigenvalue weighted by atomic mass is 10.2. The van der Waals surface area contributed by atoms with Gasteiger partial charge in [-0.2, -0.15) is 0 Å². The number of hydrogen-bond donors (Lipinski definition) is 0. The van der Waals surface area contributed by atoms with E-state index in [2.05, 4.69) is 0 Å². The van der Waals surface area contributed by atoms with Gasteiger partial charge in [0.1, 0.15) is 0 Å². The number of fused-ring (bicyclic) bond motifs is 1. The molecule has 88 valence electrons. The summed E-state index contributed by atoms with van der Waals surface area (Å²) in [7, 11) is 0. The molecular formula is C15H10ClNO. The third kappa shape index (κ3) is 1.62. The molecule has 0 spiro atoms. The molecule has 0 radical (unpaired) electrons. The van der Waals surface area contributed by atoms with E-state index in [9.17, 15) is 4.79 Å². The van der Waals surface area contributed by atoms with Crippen LogP contribution in [0.4, 0.5) is 0 Å². The molecule has 0 bridgehead atoms. The number of rotatable bonds is 2. The van der Waals surface area contributed by atoms with Crippen LogP contribution in [0.15, 0.2) is 54.7 Å². The van der Waals surface area contributed by atoms with Crippen LogP contribution in [0.3, 0.4) is 0 Å². The van der Waals surface area contributed by atoms with Gasteiger partial charge in [-0.3, -0.25) is 4.79 Å². The van der Waals surface area contributed by atoms with E-state index in [0.717, 1.165) is 22.9 Å². The first kappa shape index (κ1) is 11.1. The zero-order valence-corrected chi connectivity index (χ0v) is 10.3. The molecule has 0 aliphatic carbocycles. The minimum Gasteiger partial charge on any atom is -0.314 e. The summed E-state index contributed by atoms with van der Waals surface area (Å²) in [4.78, 5) is 11.1. The Morgan fingerprint density at radius 2 is 1.72 bits per heavy atom. The molecule has 0 saturated carbocycles. The smallest absolute Gasteiger partial charge is 0.152 e. The van der Waals surface area contributed by atoms with Gasteiger partial charge in [0.05, 0.1) is 16.2 Å². The summed E-state index contributed by atoms with van der Waals surface area (Å²) in [5.74, 6) is 0. The molecule has 0 unspecified atom stereocenters. The number of para-hydroxylation sites is 2. The molecule has 3 heteroatoms. The van der Waals surface area contributed by atoms with E-state index in [-0.39, 0.29) is 0 Å². The van der Waals surface area contributed by atoms with Crippen molar-refractivity contribution in [3.05, 3.63) is 65.3 Å². The minimum absolute atomic E-state index is 0.663. The van der Waals surface area contributed by atoms with Crippen LogP contribution < -0.4 is 0 Å². The average Bonchev–Trinajstić information content (AvgIpc) is 2.78. The normalized spacial score (nSPS) is 10.7. The largest absolute Gasteiger partial charge is 0.314 e. The highest BCUT2D eigenvalue weighted by atomic mass is 35.5. The van der Waals surface area contributed by atoms with Gasteiger partial charge in [0.15, 0.2) is 6.29 Å². The number of carbonyl (C=O) groups is 1. The molecule has 1 heterocycles. The molecule has 3 aromatic rings. The fourth-order valence-corrected chi connectivity index (χ4v) is 2.37. The standard InChI is InChI=1S/C15H10ClNO/c16-13-6-2-4-8-15(13)17-9-11(10-18)12-5-1-3-7-14(12)17/h1-10H. The van der Waals surface area contributed by atoms with Crippen molar-refractivity contribution < 1.29 is 4.79 Å². The molecule has 3 rings (SSSR count). The van der Waals surface area contributed by atoms with E-state index in [0.29, 0.717) is 10.6 Å². The van der Waals surface area contributed by atoms with E-state index in [4.69, 9.17) is 11.6 Å². The molecule has 2 nitrogen and oxygen atoms in total. The number of hydrogen-bond acceptors (Lipinski definition) is 1. The highest BCUT2D eigenvalue weighted by Crippen LogP contribution is 2.27. The van der Waals surface area contributed by atoms with Crippen LogP contribution in [-0.2, 0) is 0 Å². The maximum absolute atomic E-state index is 11.1. The zero-order chi connectivity index (χ0) is 12.5. The van der Waals surface area contributed by atoms with Crippen molar-refractivity contribution in [3.63, 3.8) is 0 Å². The predicted octanol–water partition coefficient (Wildman–Crippen LogP) is 4.10. The van der Waals surface area contributed by atoms with Gasteiger partial charge in [0.25, 0.3) is 0 Å². The first-order valence-electron chi connectivity index (χ1n) is 5.61. The molecule has 0 fully saturated rings. The van der Waals surface area contributed by atoms with Crippen LogP contribution >= 0.6 is 11.6 Å². The van der Waals surface area contributed by atoms with Crippen molar-refractivity contribution in [1.82, 2.24) is 4.57 Å². The monoisotopic (exact) mass is 255 g/mol. The summed E-state index contributed by atoms with van der Waals surface area (Å²) in [6.07, 6.45) is 2.69. The van der Waals surface area contributed by atoms with Gasteiger partial charge in [-0.25, -0.2) is 0 Å². The van der Waals surface area contributed by atoms with Crippen molar-refractivity contribution in [2.45, 2.75) is 0 Å². The Kier molecular flexibility index (Phi) is 2.65. The van der Waals surface area contributed by atoms with Gasteiger partial charge in [0, 0.05) is 17.1 Å². The molecule has 1 aromatic heterocycles. The Hall–Kier alpha value is -2.06. The second kappa shape index (κ2) is 4.31. The molecule has 0 aliphatic rings. The fourth-order valence-electron chi connectivity index (χ4n) is 2.15. The van der Waals surface area contributed by atoms with Crippen molar-refractivity contribution in [1.29, 1.82) is 0 Å². The Bertz CT molecular complexity index is 730. The Morgan fingerprint density at radius 1 is 1.00 bits per heavy atom. The molecule has 0 N–H and O–H groups in total. The molecule has 2 aromatic carbocycles. The van der Waals surface area contributed by atoms with E-state index < -0.39 is 0 Å². The maximum atomic E-state index is 11.1. The van der Waals surface area contributed by atoms with Crippen LogP contribution in [0, 0.1) is 0 Å². The van der Waals surface area contributed by atoms with Crippen LogP contribution in [-0.4, -0.2) is 10.9 Å². The molecule has 0 atom stereocenters. The number of aldehydes is 1. The lowest BCUT2D eigenvalue weighted by Gasteiger charge is -2.06. The summed E-state index contributed by atoms with van der Waals surface area (Å²) in [5, 5.41) is 1.60. The Balaban J connectivity index is 2.37. The summed E-state index contributed by atoms with van der Waals surface area (Å²) < 4.78 is 1.95. The van der Waals surface area contributed by atoms with Gasteiger partial charge < -0.3 is 4.57 Å². The molecule has 18 heavy (non-hydrogen) atoms. The van der Waals surface area contributed by atoms with Gasteiger partial charge in [-0.1, -0.05) is 41.9 Å². The number of carbonyl (C=O) groups excluding carboxylic acids is 1. The molecule has 0 saturated heterocycles. The lowest BCUT2D eigenvalue weighted by Crippen LogP contribution is -1.92. The predicted molar refractivity (Wildman–Crippen MR) is 73.7 cm³/mol. The zero-order valence-electron chi connectivity index (χ0n) is 9.51. The van der Waals surface area contributed by atoms with Gasteiger partial charge in [-0.05, 0) is 18.2 Å². The second-order valence-corrected chi connectivity index (χ2v) is 4.45. The third-order valence-electron chi connectivity index (χ3n) is 2.98. The van der Waals surface area contributed by atoms with Crippen molar-refractivity contribution in [2.75, 3.05) is 0 Å². The summed E-state index contributed by atoms with van der Waals surface area (Å²) in [5.41, 5.74) is 2.53. The van der Waals surface area contributed by atoms with Crippen LogP contribution in [0.5, 0.6) is 0 Å². The highest BCUT2D eigenvalue weighted by Gasteiger charge is 2.10. The van der Waals surface area contributed by atoms with Gasteiger partial charge in [0.2, 0.25) is 0 Å². The Morgan fingerprint density at radius 3 is 2.50 bits per heavy atom. The van der Waals surface area contributed by atoms with E-state index in [1.165, 1.54) is 0 Å². The second-order valence-electron chi connectivity index (χ2n) is 4.04. The number of benzene rings is 2. The minimum atomic E-state index is 0.663. The third-order valence-corrected chi connectivity index (χ3v) is 3.30. The number of halogens is 1. The molecular weight excluding hydrogens is 246 g/mol. The van der Waals surface area contributed by atoms with Gasteiger partial charge in [-0.15, -0.1) is 0 Å². The fraction of sp³-hybridized carbons (Fsp3) is 0. The first-order valence-corrected chi connectivity index (χ1v) is 5.99. The van der Waals surface area contributed by atoms with Crippen molar-refractivity contribution in [2.24, 2.45) is 0 Å². The SMILES string of the molecule is O=Cc1cn(-c2ccccc2Cl)c2ccccc12. The lowest BCUT2D eigenvalue weighted by molar-refractivity contribution is 0.112. The number of nitrogens with zero attached hydrogens (tertiary/aromatic N) is 1. The quantitative estimate of drug-likeness (QED) is 0.632. The Labute approximate surface area is 109 Å². The summed E-state index contributed by atoms with van der Waals surface area (Å²) in [6, 6.07) is 15.4. The average molecular weight is 256 g/mol. The number of aromatic nitrogens is 1. The van der Waals surface area contributed by atoms with Crippen molar-refractivity contribution >= 4 is 28.8 Å². The van der Waals surface area contributed by atoms with Crippen molar-refractivity contribution in [3.8, 4) is 5.69 Å². The highest BCUT2D eigenvalue weighted by molar-refractivity contribution is 6.32. The maximum Gasteiger partial charge on any atom is 0.152 e. The van der Waals surface area contributed by atoms with Crippen LogP contribution in [0.1, 0.15) is 10.4 Å². The summed E-state index contributed by atoms with van der Waals surface area (Å²) >= 11 is 6.20. The van der Waals surface area contributed by atoms with Crippen LogP contribution in [0.25, 0.3) is 16.6 Å². The van der Waals surface area contributed by atoms with E-state index in [1.807, 2.05) is 59.3 Å². The van der Waals surface area contributed by atoms with Gasteiger partial charge >= 0.3 is 0 Å². The topological polar surface area (TPSA) is 22.0 Å². The van der Waals surface area contributed by atoms with E-state index >= 15 is 0 Å². The summed E-state index contributed by atoms with van der Waals surface area (Å²) in [6.45, 7) is 0. The molecule has 0 aliphatic heterocycles.